The van der Waals surface area contributed by atoms with Crippen molar-refractivity contribution in [2.45, 2.75) is 51.2 Å². The van der Waals surface area contributed by atoms with Crippen LogP contribution in [0.15, 0.2) is 12.3 Å². The highest BCUT2D eigenvalue weighted by Gasteiger charge is 2.37. The molecule has 17 heavy (non-hydrogen) atoms. The van der Waals surface area contributed by atoms with Crippen LogP contribution in [0.2, 0.25) is 0 Å². The van der Waals surface area contributed by atoms with E-state index in [1.54, 1.807) is 12.3 Å². The number of aromatic nitrogens is 2. The van der Waals surface area contributed by atoms with Crippen LogP contribution in [-0.4, -0.2) is 21.7 Å². The highest BCUT2D eigenvalue weighted by molar-refractivity contribution is 5.09. The second kappa shape index (κ2) is 5.56. The minimum atomic E-state index is -0.321. The van der Waals surface area contributed by atoms with Gasteiger partial charge in [0.25, 0.3) is 0 Å². The fourth-order valence-corrected chi connectivity index (χ4v) is 2.54. The van der Waals surface area contributed by atoms with Crippen molar-refractivity contribution < 1.29 is 9.84 Å². The topological polar surface area (TPSA) is 55.2 Å². The summed E-state index contributed by atoms with van der Waals surface area (Å²) in [6.07, 6.45) is 7.25. The molecular weight excluding hydrogens is 216 g/mol. The molecular formula is C13H20N2O2. The summed E-state index contributed by atoms with van der Waals surface area (Å²) in [7, 11) is 0. The first-order valence-corrected chi connectivity index (χ1v) is 6.38. The van der Waals surface area contributed by atoms with Gasteiger partial charge >= 0.3 is 0 Å². The predicted octanol–water partition coefficient (Wildman–Crippen LogP) is 2.16. The van der Waals surface area contributed by atoms with Gasteiger partial charge in [0.1, 0.15) is 5.60 Å². The Hall–Kier alpha value is -1.00. The summed E-state index contributed by atoms with van der Waals surface area (Å²) in [4.78, 5) is 8.77. The van der Waals surface area contributed by atoms with Crippen molar-refractivity contribution >= 4 is 0 Å². The Morgan fingerprint density at radius 3 is 2.76 bits per heavy atom. The maximum Gasteiger partial charge on any atom is 0.160 e. The minimum Gasteiger partial charge on any atom is -0.390 e. The average molecular weight is 236 g/mol. The molecule has 1 aromatic heterocycles. The Balaban J connectivity index is 2.30. The number of aliphatic hydroxyl groups is 1. The molecule has 0 amide bonds. The van der Waals surface area contributed by atoms with Crippen molar-refractivity contribution in [3.8, 4) is 0 Å². The van der Waals surface area contributed by atoms with E-state index in [0.29, 0.717) is 12.3 Å². The molecule has 0 radical (unpaired) electrons. The Kier molecular flexibility index (Phi) is 4.07. The first-order valence-electron chi connectivity index (χ1n) is 6.38. The molecule has 94 valence electrons. The maximum atomic E-state index is 9.14. The zero-order valence-corrected chi connectivity index (χ0v) is 10.4. The van der Waals surface area contributed by atoms with E-state index in [9.17, 15) is 0 Å². The minimum absolute atomic E-state index is 0.0439. The van der Waals surface area contributed by atoms with Gasteiger partial charge in [-0.1, -0.05) is 19.3 Å². The number of rotatable bonds is 4. The van der Waals surface area contributed by atoms with Gasteiger partial charge in [-0.2, -0.15) is 0 Å². The molecule has 0 bridgehead atoms. The van der Waals surface area contributed by atoms with Gasteiger partial charge in [-0.25, -0.2) is 9.97 Å². The Labute approximate surface area is 102 Å². The second-order valence-corrected chi connectivity index (χ2v) is 4.52. The van der Waals surface area contributed by atoms with Gasteiger partial charge in [-0.15, -0.1) is 0 Å². The van der Waals surface area contributed by atoms with Crippen LogP contribution in [0.1, 0.15) is 50.5 Å². The van der Waals surface area contributed by atoms with Gasteiger partial charge in [-0.3, -0.25) is 0 Å². The van der Waals surface area contributed by atoms with Crippen molar-refractivity contribution in [3.63, 3.8) is 0 Å². The monoisotopic (exact) mass is 236 g/mol. The van der Waals surface area contributed by atoms with E-state index in [4.69, 9.17) is 9.84 Å². The summed E-state index contributed by atoms with van der Waals surface area (Å²) < 4.78 is 5.95. The molecule has 2 rings (SSSR count). The third-order valence-corrected chi connectivity index (χ3v) is 3.36. The van der Waals surface area contributed by atoms with E-state index in [0.717, 1.165) is 31.5 Å². The van der Waals surface area contributed by atoms with Crippen molar-refractivity contribution in [3.05, 3.63) is 23.8 Å². The van der Waals surface area contributed by atoms with Crippen LogP contribution in [0, 0.1) is 0 Å². The van der Waals surface area contributed by atoms with E-state index in [2.05, 4.69) is 9.97 Å². The lowest BCUT2D eigenvalue weighted by Gasteiger charge is -2.35. The molecule has 0 saturated heterocycles. The molecule has 0 atom stereocenters. The third-order valence-electron chi connectivity index (χ3n) is 3.36. The molecule has 1 aliphatic rings. The lowest BCUT2D eigenvalue weighted by Crippen LogP contribution is -2.34. The van der Waals surface area contributed by atoms with E-state index < -0.39 is 0 Å². The fraction of sp³-hybridized carbons (Fsp3) is 0.692. The molecule has 0 aliphatic heterocycles. The first kappa shape index (κ1) is 12.5. The Morgan fingerprint density at radius 2 is 2.12 bits per heavy atom. The van der Waals surface area contributed by atoms with Gasteiger partial charge in [-0.05, 0) is 25.8 Å². The smallest absolute Gasteiger partial charge is 0.160 e. The molecule has 1 aromatic rings. The highest BCUT2D eigenvalue weighted by atomic mass is 16.5. The van der Waals surface area contributed by atoms with Crippen molar-refractivity contribution in [2.24, 2.45) is 0 Å². The number of ether oxygens (including phenoxy) is 1. The lowest BCUT2D eigenvalue weighted by molar-refractivity contribution is -0.0769. The van der Waals surface area contributed by atoms with Gasteiger partial charge in [0.05, 0.1) is 12.3 Å². The van der Waals surface area contributed by atoms with E-state index >= 15 is 0 Å². The zero-order valence-electron chi connectivity index (χ0n) is 10.4. The maximum absolute atomic E-state index is 9.14. The van der Waals surface area contributed by atoms with Crippen LogP contribution in [0.4, 0.5) is 0 Å². The molecule has 1 aliphatic carbocycles. The predicted molar refractivity (Wildman–Crippen MR) is 64.3 cm³/mol. The van der Waals surface area contributed by atoms with Crippen LogP contribution in [0.5, 0.6) is 0 Å². The number of hydrogen-bond donors (Lipinski definition) is 1. The molecule has 1 saturated carbocycles. The van der Waals surface area contributed by atoms with Crippen LogP contribution >= 0.6 is 0 Å². The Bertz CT molecular complexity index is 357. The average Bonchev–Trinajstić information content (AvgIpc) is 2.40. The van der Waals surface area contributed by atoms with Gasteiger partial charge in [0.15, 0.2) is 5.82 Å². The molecule has 1 N–H and O–H groups in total. The first-order chi connectivity index (χ1) is 8.30. The molecule has 1 heterocycles. The van der Waals surface area contributed by atoms with Gasteiger partial charge in [0.2, 0.25) is 0 Å². The SMILES string of the molecule is CCOC1(c2nccc(CO)n2)CCCCC1. The number of hydrogen-bond acceptors (Lipinski definition) is 4. The standard InChI is InChI=1S/C13H20N2O2/c1-2-17-13(7-4-3-5-8-13)12-14-9-6-11(10-16)15-12/h6,9,16H,2-5,7-8,10H2,1H3. The molecule has 4 heteroatoms. The summed E-state index contributed by atoms with van der Waals surface area (Å²) in [6.45, 7) is 2.64. The summed E-state index contributed by atoms with van der Waals surface area (Å²) in [5.74, 6) is 0.741. The molecule has 4 nitrogen and oxygen atoms in total. The summed E-state index contributed by atoms with van der Waals surface area (Å²) in [5, 5.41) is 9.14. The largest absolute Gasteiger partial charge is 0.390 e. The second-order valence-electron chi connectivity index (χ2n) is 4.52. The van der Waals surface area contributed by atoms with Gasteiger partial charge in [0, 0.05) is 12.8 Å². The molecule has 0 spiro atoms. The van der Waals surface area contributed by atoms with Crippen LogP contribution in [0.3, 0.4) is 0 Å². The van der Waals surface area contributed by atoms with Crippen molar-refractivity contribution in [1.82, 2.24) is 9.97 Å². The fourth-order valence-electron chi connectivity index (χ4n) is 2.54. The molecule has 0 unspecified atom stereocenters. The third kappa shape index (κ3) is 2.64. The molecule has 0 aromatic carbocycles. The van der Waals surface area contributed by atoms with E-state index in [1.807, 2.05) is 6.92 Å². The van der Waals surface area contributed by atoms with Crippen LogP contribution in [-0.2, 0) is 16.9 Å². The van der Waals surface area contributed by atoms with E-state index in [1.165, 1.54) is 6.42 Å². The molecule has 1 fully saturated rings. The quantitative estimate of drug-likeness (QED) is 0.870. The van der Waals surface area contributed by atoms with Crippen molar-refractivity contribution in [2.75, 3.05) is 6.61 Å². The van der Waals surface area contributed by atoms with Crippen LogP contribution in [0.25, 0.3) is 0 Å². The number of aliphatic hydroxyl groups excluding tert-OH is 1. The summed E-state index contributed by atoms with van der Waals surface area (Å²) in [5.41, 5.74) is 0.345. The number of nitrogens with zero attached hydrogens (tertiary/aromatic N) is 2. The Morgan fingerprint density at radius 1 is 1.35 bits per heavy atom. The normalized spacial score (nSPS) is 19.2. The van der Waals surface area contributed by atoms with Gasteiger partial charge < -0.3 is 9.84 Å². The highest BCUT2D eigenvalue weighted by Crippen LogP contribution is 2.38. The summed E-state index contributed by atoms with van der Waals surface area (Å²) >= 11 is 0. The van der Waals surface area contributed by atoms with Crippen molar-refractivity contribution in [1.29, 1.82) is 0 Å². The van der Waals surface area contributed by atoms with Crippen LogP contribution < -0.4 is 0 Å². The summed E-state index contributed by atoms with van der Waals surface area (Å²) in [6, 6.07) is 1.74. The zero-order chi connectivity index (χ0) is 12.1. The lowest BCUT2D eigenvalue weighted by atomic mass is 9.84. The van der Waals surface area contributed by atoms with E-state index in [-0.39, 0.29) is 12.2 Å².